The number of allylic oxidation sites excluding steroid dienone is 1. The van der Waals surface area contributed by atoms with Gasteiger partial charge in [0.2, 0.25) is 0 Å². The van der Waals surface area contributed by atoms with E-state index in [1.165, 1.54) is 10.8 Å². The summed E-state index contributed by atoms with van der Waals surface area (Å²) in [6.07, 6.45) is 3.38. The van der Waals surface area contributed by atoms with Crippen molar-refractivity contribution in [2.45, 2.75) is 0 Å². The molecule has 0 N–H and O–H groups in total. The molecule has 0 spiro atoms. The molecule has 1 heterocycles. The Bertz CT molecular complexity index is 653. The van der Waals surface area contributed by atoms with Gasteiger partial charge in [0.1, 0.15) is 6.54 Å². The average Bonchev–Trinajstić information content (AvgIpc) is 2.39. The average molecular weight is 221 g/mol. The van der Waals surface area contributed by atoms with Crippen LogP contribution in [0.2, 0.25) is 0 Å². The van der Waals surface area contributed by atoms with Gasteiger partial charge in [0, 0.05) is 5.56 Å². The maximum absolute atomic E-state index is 11.1. The van der Waals surface area contributed by atoms with Crippen LogP contribution in [-0.4, -0.2) is 18.0 Å². The molecule has 82 valence electrons. The summed E-state index contributed by atoms with van der Waals surface area (Å²) < 4.78 is 0. The normalized spacial score (nSPS) is 15.1. The SMILES string of the molecule is O=C1C=CC(c2ccc3ccccc3c2)=NC1. The number of nitrogens with zero attached hydrogens (tertiary/aromatic N) is 1. The molecule has 0 amide bonds. The zero-order chi connectivity index (χ0) is 11.7. The number of hydrogen-bond donors (Lipinski definition) is 0. The third kappa shape index (κ3) is 1.89. The highest BCUT2D eigenvalue weighted by Gasteiger charge is 2.07. The summed E-state index contributed by atoms with van der Waals surface area (Å²) in [4.78, 5) is 15.3. The first-order valence-electron chi connectivity index (χ1n) is 5.57. The summed E-state index contributed by atoms with van der Waals surface area (Å²) in [5.74, 6) is 0.0644. The summed E-state index contributed by atoms with van der Waals surface area (Å²) in [5.41, 5.74) is 1.95. The lowest BCUT2D eigenvalue weighted by atomic mass is 10.0. The first-order chi connectivity index (χ1) is 8.33. The van der Waals surface area contributed by atoms with Crippen molar-refractivity contribution in [3.8, 4) is 0 Å². The smallest absolute Gasteiger partial charge is 0.177 e. The summed E-state index contributed by atoms with van der Waals surface area (Å²) >= 11 is 0. The van der Waals surface area contributed by atoms with E-state index in [0.29, 0.717) is 0 Å². The Balaban J connectivity index is 2.07. The first-order valence-corrected chi connectivity index (χ1v) is 5.57. The van der Waals surface area contributed by atoms with Crippen molar-refractivity contribution in [2.75, 3.05) is 6.54 Å². The number of hydrogen-bond acceptors (Lipinski definition) is 2. The number of carbonyl (C=O) groups excluding carboxylic acids is 1. The Morgan fingerprint density at radius 3 is 2.53 bits per heavy atom. The highest BCUT2D eigenvalue weighted by Crippen LogP contribution is 2.17. The maximum Gasteiger partial charge on any atom is 0.177 e. The largest absolute Gasteiger partial charge is 0.293 e. The topological polar surface area (TPSA) is 29.4 Å². The number of ketones is 1. The van der Waals surface area contributed by atoms with Gasteiger partial charge in [-0.2, -0.15) is 0 Å². The zero-order valence-electron chi connectivity index (χ0n) is 9.26. The van der Waals surface area contributed by atoms with Gasteiger partial charge in [-0.15, -0.1) is 0 Å². The van der Waals surface area contributed by atoms with E-state index in [-0.39, 0.29) is 12.3 Å². The van der Waals surface area contributed by atoms with E-state index in [1.807, 2.05) is 18.2 Å². The molecule has 2 nitrogen and oxygen atoms in total. The van der Waals surface area contributed by atoms with Crippen LogP contribution in [-0.2, 0) is 4.79 Å². The lowest BCUT2D eigenvalue weighted by Gasteiger charge is -2.07. The fraction of sp³-hybridized carbons (Fsp3) is 0.0667. The van der Waals surface area contributed by atoms with Crippen LogP contribution in [0.25, 0.3) is 10.8 Å². The van der Waals surface area contributed by atoms with Gasteiger partial charge in [0.15, 0.2) is 5.78 Å². The van der Waals surface area contributed by atoms with Crippen LogP contribution in [0.3, 0.4) is 0 Å². The molecule has 2 aromatic rings. The van der Waals surface area contributed by atoms with E-state index in [1.54, 1.807) is 12.2 Å². The molecule has 1 aliphatic rings. The molecule has 17 heavy (non-hydrogen) atoms. The van der Waals surface area contributed by atoms with Crippen molar-refractivity contribution < 1.29 is 4.79 Å². The minimum absolute atomic E-state index is 0.0644. The van der Waals surface area contributed by atoms with Gasteiger partial charge < -0.3 is 0 Å². The summed E-state index contributed by atoms with van der Waals surface area (Å²) in [7, 11) is 0. The van der Waals surface area contributed by atoms with Gasteiger partial charge in [-0.1, -0.05) is 36.4 Å². The van der Waals surface area contributed by atoms with Crippen LogP contribution >= 0.6 is 0 Å². The van der Waals surface area contributed by atoms with Gasteiger partial charge >= 0.3 is 0 Å². The van der Waals surface area contributed by atoms with E-state index in [4.69, 9.17) is 0 Å². The standard InChI is InChI=1S/C15H11NO/c17-14-7-8-15(16-10-14)13-6-5-11-3-1-2-4-12(11)9-13/h1-9H,10H2. The Morgan fingerprint density at radius 2 is 1.76 bits per heavy atom. The van der Waals surface area contributed by atoms with Crippen molar-refractivity contribution in [3.63, 3.8) is 0 Å². The molecule has 0 unspecified atom stereocenters. The Hall–Kier alpha value is -2.22. The van der Waals surface area contributed by atoms with Gasteiger partial charge in [-0.05, 0) is 29.0 Å². The quantitative estimate of drug-likeness (QED) is 0.728. The second-order valence-electron chi connectivity index (χ2n) is 4.06. The molecule has 0 saturated heterocycles. The van der Waals surface area contributed by atoms with Crippen molar-refractivity contribution in [2.24, 2.45) is 4.99 Å². The van der Waals surface area contributed by atoms with E-state index < -0.39 is 0 Å². The van der Waals surface area contributed by atoms with E-state index in [2.05, 4.69) is 29.3 Å². The summed E-state index contributed by atoms with van der Waals surface area (Å²) in [6.45, 7) is 0.263. The van der Waals surface area contributed by atoms with Gasteiger partial charge in [0.05, 0.1) is 5.71 Å². The van der Waals surface area contributed by atoms with Gasteiger partial charge in [0.25, 0.3) is 0 Å². The lowest BCUT2D eigenvalue weighted by molar-refractivity contribution is -0.113. The number of fused-ring (bicyclic) bond motifs is 1. The van der Waals surface area contributed by atoms with E-state index in [9.17, 15) is 4.79 Å². The minimum Gasteiger partial charge on any atom is -0.293 e. The van der Waals surface area contributed by atoms with Crippen LogP contribution in [0.4, 0.5) is 0 Å². The highest BCUT2D eigenvalue weighted by atomic mass is 16.1. The van der Waals surface area contributed by atoms with Crippen LogP contribution in [0.1, 0.15) is 5.56 Å². The second-order valence-corrected chi connectivity index (χ2v) is 4.06. The van der Waals surface area contributed by atoms with Crippen molar-refractivity contribution in [1.29, 1.82) is 0 Å². The van der Waals surface area contributed by atoms with Crippen LogP contribution in [0.5, 0.6) is 0 Å². The number of rotatable bonds is 1. The first kappa shape index (κ1) is 9.97. The minimum atomic E-state index is 0.0644. The zero-order valence-corrected chi connectivity index (χ0v) is 9.26. The molecule has 0 saturated carbocycles. The Morgan fingerprint density at radius 1 is 0.941 bits per heavy atom. The molecular weight excluding hydrogens is 210 g/mol. The van der Waals surface area contributed by atoms with Crippen LogP contribution in [0.15, 0.2) is 59.6 Å². The molecular formula is C15H11NO. The van der Waals surface area contributed by atoms with Crippen molar-refractivity contribution in [3.05, 3.63) is 60.2 Å². The molecule has 0 radical (unpaired) electrons. The molecule has 2 aromatic carbocycles. The molecule has 0 aliphatic carbocycles. The third-order valence-corrected chi connectivity index (χ3v) is 2.88. The molecule has 2 heteroatoms. The molecule has 1 aliphatic heterocycles. The van der Waals surface area contributed by atoms with Crippen molar-refractivity contribution in [1.82, 2.24) is 0 Å². The fourth-order valence-electron chi connectivity index (χ4n) is 1.98. The Labute approximate surface area is 99.3 Å². The molecule has 0 bridgehead atoms. The van der Waals surface area contributed by atoms with Crippen LogP contribution < -0.4 is 0 Å². The molecule has 0 atom stereocenters. The maximum atomic E-state index is 11.1. The number of benzene rings is 2. The molecule has 0 fully saturated rings. The predicted molar refractivity (Wildman–Crippen MR) is 69.5 cm³/mol. The van der Waals surface area contributed by atoms with Crippen LogP contribution in [0, 0.1) is 0 Å². The van der Waals surface area contributed by atoms with E-state index >= 15 is 0 Å². The highest BCUT2D eigenvalue weighted by molar-refractivity contribution is 6.15. The molecule has 0 aromatic heterocycles. The number of dihydropyridines is 1. The third-order valence-electron chi connectivity index (χ3n) is 2.88. The van der Waals surface area contributed by atoms with E-state index in [0.717, 1.165) is 11.3 Å². The monoisotopic (exact) mass is 221 g/mol. The summed E-state index contributed by atoms with van der Waals surface area (Å²) in [6, 6.07) is 14.4. The van der Waals surface area contributed by atoms with Crippen molar-refractivity contribution >= 4 is 22.3 Å². The lowest BCUT2D eigenvalue weighted by Crippen LogP contribution is -2.09. The Kier molecular flexibility index (Phi) is 2.33. The molecule has 3 rings (SSSR count). The second kappa shape index (κ2) is 3.98. The fourth-order valence-corrected chi connectivity index (χ4v) is 1.98. The van der Waals surface area contributed by atoms with Gasteiger partial charge in [-0.25, -0.2) is 0 Å². The number of aliphatic imine (C=N–C) groups is 1. The number of carbonyl (C=O) groups is 1. The summed E-state index contributed by atoms with van der Waals surface area (Å²) in [5, 5.41) is 2.41. The predicted octanol–water partition coefficient (Wildman–Crippen LogP) is 2.77. The van der Waals surface area contributed by atoms with Gasteiger partial charge in [-0.3, -0.25) is 9.79 Å².